The smallest absolute Gasteiger partial charge is 0.244 e. The first-order valence-electron chi connectivity index (χ1n) is 8.16. The lowest BCUT2D eigenvalue weighted by Crippen LogP contribution is -2.41. The number of carbonyl (C=O) groups is 1. The third-order valence-corrected chi connectivity index (χ3v) is 5.03. The van der Waals surface area contributed by atoms with Crippen molar-refractivity contribution in [2.75, 3.05) is 13.1 Å². The maximum atomic E-state index is 12.5. The van der Waals surface area contributed by atoms with Crippen LogP contribution in [-0.2, 0) is 17.9 Å². The molecule has 1 saturated heterocycles. The summed E-state index contributed by atoms with van der Waals surface area (Å²) in [7, 11) is 0. The van der Waals surface area contributed by atoms with E-state index < -0.39 is 0 Å². The van der Waals surface area contributed by atoms with Gasteiger partial charge >= 0.3 is 0 Å². The third kappa shape index (κ3) is 3.58. The van der Waals surface area contributed by atoms with Gasteiger partial charge in [0.2, 0.25) is 5.91 Å². The minimum atomic E-state index is 0.0367. The number of likely N-dealkylation sites (tertiary alicyclic amines) is 1. The predicted octanol–water partition coefficient (Wildman–Crippen LogP) is 0.781. The van der Waals surface area contributed by atoms with Crippen LogP contribution < -0.4 is 0 Å². The van der Waals surface area contributed by atoms with Gasteiger partial charge in [0.05, 0.1) is 17.7 Å². The molecule has 0 aliphatic carbocycles. The minimum absolute atomic E-state index is 0.0367. The van der Waals surface area contributed by atoms with Gasteiger partial charge in [0.15, 0.2) is 0 Å². The molecule has 9 nitrogen and oxygen atoms in total. The molecule has 1 aliphatic rings. The molecule has 0 N–H and O–H groups in total. The predicted molar refractivity (Wildman–Crippen MR) is 89.8 cm³/mol. The molecule has 0 bridgehead atoms. The Morgan fingerprint density at radius 3 is 3.12 bits per heavy atom. The summed E-state index contributed by atoms with van der Waals surface area (Å²) in [5, 5.41) is 12.9. The quantitative estimate of drug-likeness (QED) is 0.669. The molecular weight excluding hydrogens is 340 g/mol. The van der Waals surface area contributed by atoms with Crippen molar-refractivity contribution in [1.29, 1.82) is 0 Å². The Hall–Kier alpha value is -2.62. The first-order valence-corrected chi connectivity index (χ1v) is 9.10. The third-order valence-electron chi connectivity index (χ3n) is 4.39. The van der Waals surface area contributed by atoms with Gasteiger partial charge in [0, 0.05) is 36.8 Å². The molecule has 3 aromatic rings. The number of thiazole rings is 1. The first-order chi connectivity index (χ1) is 12.3. The molecule has 130 valence electrons. The van der Waals surface area contributed by atoms with Crippen molar-refractivity contribution in [1.82, 2.24) is 39.6 Å². The summed E-state index contributed by atoms with van der Waals surface area (Å²) in [6.07, 6.45) is 7.26. The largest absolute Gasteiger partial charge is 0.340 e. The van der Waals surface area contributed by atoms with E-state index in [1.807, 2.05) is 28.2 Å². The molecule has 1 atom stereocenters. The van der Waals surface area contributed by atoms with Crippen molar-refractivity contribution in [3.05, 3.63) is 41.1 Å². The molecule has 1 fully saturated rings. The molecule has 0 radical (unpaired) electrons. The lowest BCUT2D eigenvalue weighted by molar-refractivity contribution is -0.133. The molecule has 1 aliphatic heterocycles. The Labute approximate surface area is 148 Å². The van der Waals surface area contributed by atoms with Crippen molar-refractivity contribution >= 4 is 17.2 Å². The highest BCUT2D eigenvalue weighted by atomic mass is 32.1. The van der Waals surface area contributed by atoms with E-state index in [0.29, 0.717) is 13.1 Å². The van der Waals surface area contributed by atoms with Crippen LogP contribution in [-0.4, -0.2) is 58.6 Å². The zero-order valence-electron chi connectivity index (χ0n) is 13.6. The molecule has 0 spiro atoms. The number of rotatable bonds is 5. The Bertz CT molecular complexity index is 813. The fourth-order valence-corrected chi connectivity index (χ4v) is 3.76. The average molecular weight is 358 g/mol. The second-order valence-electron chi connectivity index (χ2n) is 6.08. The summed E-state index contributed by atoms with van der Waals surface area (Å²) in [6, 6.07) is 0. The Balaban J connectivity index is 1.44. The highest BCUT2D eigenvalue weighted by Crippen LogP contribution is 2.26. The van der Waals surface area contributed by atoms with E-state index in [1.54, 1.807) is 11.3 Å². The number of tetrazole rings is 1. The van der Waals surface area contributed by atoms with Gasteiger partial charge in [-0.3, -0.25) is 4.79 Å². The SMILES string of the molecule is O=C(Cn1cnnn1)N1CCC[C@H](c2nccn2Cc2cscn2)C1. The van der Waals surface area contributed by atoms with Gasteiger partial charge in [0.25, 0.3) is 0 Å². The number of hydrogen-bond donors (Lipinski definition) is 0. The standard InChI is InChI=1S/C15H18N8OS/c24-14(8-23-10-18-19-20-23)21-4-1-2-12(6-21)15-16-3-5-22(15)7-13-9-25-11-17-13/h3,5,9-12H,1-2,4,6-8H2/t12-/m0/s1. The van der Waals surface area contributed by atoms with E-state index in [1.165, 1.54) is 11.0 Å². The van der Waals surface area contributed by atoms with E-state index in [4.69, 9.17) is 0 Å². The molecule has 0 unspecified atom stereocenters. The van der Waals surface area contributed by atoms with Crippen molar-refractivity contribution in [2.45, 2.75) is 31.8 Å². The molecule has 10 heteroatoms. The van der Waals surface area contributed by atoms with Gasteiger partial charge in [-0.15, -0.1) is 16.4 Å². The van der Waals surface area contributed by atoms with Crippen molar-refractivity contribution in [3.8, 4) is 0 Å². The summed E-state index contributed by atoms with van der Waals surface area (Å²) in [6.45, 7) is 2.33. The highest BCUT2D eigenvalue weighted by Gasteiger charge is 2.27. The Morgan fingerprint density at radius 1 is 1.36 bits per heavy atom. The number of imidazole rings is 1. The Kier molecular flexibility index (Phi) is 4.51. The van der Waals surface area contributed by atoms with E-state index in [-0.39, 0.29) is 18.4 Å². The van der Waals surface area contributed by atoms with Crippen molar-refractivity contribution < 1.29 is 4.79 Å². The van der Waals surface area contributed by atoms with E-state index in [9.17, 15) is 4.79 Å². The van der Waals surface area contributed by atoms with Gasteiger partial charge in [-0.25, -0.2) is 14.6 Å². The number of piperidine rings is 1. The highest BCUT2D eigenvalue weighted by molar-refractivity contribution is 7.07. The topological polar surface area (TPSA) is 94.6 Å². The summed E-state index contributed by atoms with van der Waals surface area (Å²) in [4.78, 5) is 23.3. The minimum Gasteiger partial charge on any atom is -0.340 e. The lowest BCUT2D eigenvalue weighted by atomic mass is 9.97. The molecule has 3 aromatic heterocycles. The van der Waals surface area contributed by atoms with Gasteiger partial charge < -0.3 is 9.47 Å². The van der Waals surface area contributed by atoms with Crippen molar-refractivity contribution in [2.24, 2.45) is 0 Å². The van der Waals surface area contributed by atoms with Crippen LogP contribution in [0, 0.1) is 0 Å². The fourth-order valence-electron chi connectivity index (χ4n) is 3.21. The second-order valence-corrected chi connectivity index (χ2v) is 6.80. The average Bonchev–Trinajstić information content (AvgIpc) is 3.38. The van der Waals surface area contributed by atoms with E-state index in [2.05, 4.69) is 30.1 Å². The fraction of sp³-hybridized carbons (Fsp3) is 0.467. The summed E-state index contributed by atoms with van der Waals surface area (Å²) < 4.78 is 3.59. The first kappa shape index (κ1) is 15.9. The van der Waals surface area contributed by atoms with Crippen LogP contribution in [0.2, 0.25) is 0 Å². The van der Waals surface area contributed by atoms with Crippen LogP contribution in [0.1, 0.15) is 30.3 Å². The van der Waals surface area contributed by atoms with Crippen LogP contribution in [0.25, 0.3) is 0 Å². The summed E-state index contributed by atoms with van der Waals surface area (Å²) in [5.74, 6) is 1.29. The van der Waals surface area contributed by atoms with Gasteiger partial charge in [0.1, 0.15) is 18.7 Å². The van der Waals surface area contributed by atoms with E-state index in [0.717, 1.165) is 30.9 Å². The molecule has 1 amide bonds. The zero-order valence-corrected chi connectivity index (χ0v) is 14.4. The maximum Gasteiger partial charge on any atom is 0.244 e. The molecule has 4 heterocycles. The molecule has 25 heavy (non-hydrogen) atoms. The molecular formula is C15H18N8OS. The monoisotopic (exact) mass is 358 g/mol. The normalized spacial score (nSPS) is 17.8. The summed E-state index contributed by atoms with van der Waals surface area (Å²) in [5.41, 5.74) is 2.87. The Morgan fingerprint density at radius 2 is 2.32 bits per heavy atom. The van der Waals surface area contributed by atoms with E-state index >= 15 is 0 Å². The zero-order chi connectivity index (χ0) is 17.1. The second kappa shape index (κ2) is 7.09. The number of carbonyl (C=O) groups excluding carboxylic acids is 1. The number of aromatic nitrogens is 7. The van der Waals surface area contributed by atoms with Crippen LogP contribution in [0.5, 0.6) is 0 Å². The van der Waals surface area contributed by atoms with Crippen LogP contribution >= 0.6 is 11.3 Å². The molecule has 0 saturated carbocycles. The van der Waals surface area contributed by atoms with Gasteiger partial charge in [-0.05, 0) is 23.3 Å². The number of amides is 1. The lowest BCUT2D eigenvalue weighted by Gasteiger charge is -2.32. The van der Waals surface area contributed by atoms with Gasteiger partial charge in [-0.1, -0.05) is 0 Å². The van der Waals surface area contributed by atoms with Crippen LogP contribution in [0.4, 0.5) is 0 Å². The van der Waals surface area contributed by atoms with Gasteiger partial charge in [-0.2, -0.15) is 0 Å². The van der Waals surface area contributed by atoms with Crippen molar-refractivity contribution in [3.63, 3.8) is 0 Å². The number of nitrogens with zero attached hydrogens (tertiary/aromatic N) is 8. The maximum absolute atomic E-state index is 12.5. The van der Waals surface area contributed by atoms with Crippen LogP contribution in [0.3, 0.4) is 0 Å². The van der Waals surface area contributed by atoms with Crippen LogP contribution in [0.15, 0.2) is 29.6 Å². The number of hydrogen-bond acceptors (Lipinski definition) is 7. The summed E-state index contributed by atoms with van der Waals surface area (Å²) >= 11 is 1.59. The molecule has 4 rings (SSSR count). The molecule has 0 aromatic carbocycles.